The Kier molecular flexibility index (Phi) is 40.2. The number of nitrogens with zero attached hydrogens (tertiary/aromatic N) is 1. The SMILES string of the molecule is CCCCCC/C=C/CCCCCCCCCCCC(=O)O[C@H](COC(=O)CCCCCCCCCCCCCCCCCCC)COP(=O)(O)OCC[N+](C)(C)C. The van der Waals surface area contributed by atoms with E-state index in [1.54, 1.807) is 0 Å². The molecule has 58 heavy (non-hydrogen) atoms. The summed E-state index contributed by atoms with van der Waals surface area (Å²) in [5.41, 5.74) is 0. The summed E-state index contributed by atoms with van der Waals surface area (Å²) in [5.74, 6) is -0.787. The normalized spacial score (nSPS) is 13.6. The average molecular weight is 845 g/mol. The van der Waals surface area contributed by atoms with Gasteiger partial charge in [0, 0.05) is 12.8 Å². The third-order valence-electron chi connectivity index (χ3n) is 10.8. The van der Waals surface area contributed by atoms with Gasteiger partial charge in [0.25, 0.3) is 0 Å². The van der Waals surface area contributed by atoms with Gasteiger partial charge in [0.2, 0.25) is 0 Å². The molecule has 10 heteroatoms. The van der Waals surface area contributed by atoms with Crippen molar-refractivity contribution in [1.82, 2.24) is 0 Å². The van der Waals surface area contributed by atoms with Crippen molar-refractivity contribution < 1.29 is 42.1 Å². The second kappa shape index (κ2) is 41.1. The summed E-state index contributed by atoms with van der Waals surface area (Å²) in [6, 6.07) is 0. The second-order valence-electron chi connectivity index (χ2n) is 17.9. The zero-order chi connectivity index (χ0) is 42.8. The fourth-order valence-electron chi connectivity index (χ4n) is 6.95. The maximum absolute atomic E-state index is 12.7. The fourth-order valence-corrected chi connectivity index (χ4v) is 7.69. The minimum Gasteiger partial charge on any atom is -0.462 e. The molecule has 0 saturated heterocycles. The first-order valence-electron chi connectivity index (χ1n) is 24.4. The van der Waals surface area contributed by atoms with E-state index in [1.165, 1.54) is 167 Å². The molecular weight excluding hydrogens is 750 g/mol. The highest BCUT2D eigenvalue weighted by Gasteiger charge is 2.27. The molecule has 0 aromatic carbocycles. The molecule has 1 N–H and O–H groups in total. The molecule has 344 valence electrons. The van der Waals surface area contributed by atoms with Crippen LogP contribution in [0.3, 0.4) is 0 Å². The lowest BCUT2D eigenvalue weighted by molar-refractivity contribution is -0.870. The van der Waals surface area contributed by atoms with E-state index in [2.05, 4.69) is 26.0 Å². The molecule has 0 saturated carbocycles. The van der Waals surface area contributed by atoms with Crippen molar-refractivity contribution in [1.29, 1.82) is 0 Å². The lowest BCUT2D eigenvalue weighted by Gasteiger charge is -2.24. The Balaban J connectivity index is 4.26. The number of phosphoric ester groups is 1. The third-order valence-corrected chi connectivity index (χ3v) is 11.8. The van der Waals surface area contributed by atoms with Gasteiger partial charge in [-0.05, 0) is 38.5 Å². The first kappa shape index (κ1) is 56.8. The summed E-state index contributed by atoms with van der Waals surface area (Å²) in [7, 11) is 1.49. The highest BCUT2D eigenvalue weighted by atomic mass is 31.2. The second-order valence-corrected chi connectivity index (χ2v) is 19.3. The number of carbonyl (C=O) groups is 2. The van der Waals surface area contributed by atoms with Crippen LogP contribution in [-0.4, -0.2) is 74.9 Å². The molecule has 0 aromatic heterocycles. The minimum absolute atomic E-state index is 0.0347. The van der Waals surface area contributed by atoms with E-state index >= 15 is 0 Å². The molecule has 0 radical (unpaired) electrons. The maximum atomic E-state index is 12.7. The van der Waals surface area contributed by atoms with Crippen LogP contribution in [0.25, 0.3) is 0 Å². The van der Waals surface area contributed by atoms with E-state index in [9.17, 15) is 19.0 Å². The Morgan fingerprint density at radius 2 is 0.879 bits per heavy atom. The quantitative estimate of drug-likeness (QED) is 0.0212. The molecule has 0 aliphatic rings. The first-order chi connectivity index (χ1) is 28.0. The number of quaternary nitrogens is 1. The van der Waals surface area contributed by atoms with Crippen LogP contribution in [0.15, 0.2) is 12.2 Å². The largest absolute Gasteiger partial charge is 0.472 e. The number of carbonyl (C=O) groups excluding carboxylic acids is 2. The highest BCUT2D eigenvalue weighted by Crippen LogP contribution is 2.43. The highest BCUT2D eigenvalue weighted by molar-refractivity contribution is 7.47. The summed E-state index contributed by atoms with van der Waals surface area (Å²) >= 11 is 0. The summed E-state index contributed by atoms with van der Waals surface area (Å²) in [5, 5.41) is 0. The van der Waals surface area contributed by atoms with E-state index in [0.29, 0.717) is 23.9 Å². The summed E-state index contributed by atoms with van der Waals surface area (Å²) in [4.78, 5) is 35.5. The van der Waals surface area contributed by atoms with Crippen LogP contribution in [0.5, 0.6) is 0 Å². The van der Waals surface area contributed by atoms with Crippen LogP contribution in [-0.2, 0) is 32.7 Å². The topological polar surface area (TPSA) is 108 Å². The van der Waals surface area contributed by atoms with Gasteiger partial charge in [-0.3, -0.25) is 18.6 Å². The van der Waals surface area contributed by atoms with Crippen LogP contribution < -0.4 is 0 Å². The molecule has 0 aliphatic carbocycles. The predicted molar refractivity (Wildman–Crippen MR) is 243 cm³/mol. The van der Waals surface area contributed by atoms with Crippen molar-refractivity contribution in [3.8, 4) is 0 Å². The molecule has 0 aliphatic heterocycles. The van der Waals surface area contributed by atoms with Gasteiger partial charge in [0.1, 0.15) is 19.8 Å². The maximum Gasteiger partial charge on any atom is 0.472 e. The van der Waals surface area contributed by atoms with E-state index < -0.39 is 26.5 Å². The van der Waals surface area contributed by atoms with Crippen molar-refractivity contribution in [2.75, 3.05) is 47.5 Å². The molecule has 0 amide bonds. The number of esters is 2. The monoisotopic (exact) mass is 845 g/mol. The molecule has 1 unspecified atom stereocenters. The van der Waals surface area contributed by atoms with Gasteiger partial charge < -0.3 is 18.9 Å². The van der Waals surface area contributed by atoms with Crippen molar-refractivity contribution in [3.05, 3.63) is 12.2 Å². The van der Waals surface area contributed by atoms with Gasteiger partial charge in [0.15, 0.2) is 6.10 Å². The number of hydrogen-bond donors (Lipinski definition) is 1. The lowest BCUT2D eigenvalue weighted by atomic mass is 10.0. The molecule has 2 atom stereocenters. The number of ether oxygens (including phenoxy) is 2. The molecule has 0 bridgehead atoms. The Morgan fingerprint density at radius 3 is 1.29 bits per heavy atom. The summed E-state index contributed by atoms with van der Waals surface area (Å²) in [6.07, 6.45) is 43.9. The number of phosphoric acid groups is 1. The third kappa shape index (κ3) is 44.3. The van der Waals surface area contributed by atoms with Crippen LogP contribution in [0, 0.1) is 0 Å². The Hall–Kier alpha value is -1.25. The standard InChI is InChI=1S/C48H94NO8P/c1-6-8-10-12-14-16-18-20-22-24-26-28-30-32-34-36-38-40-47(50)54-44-46(45-56-58(52,53)55-43-42-49(3,4)5)57-48(51)41-39-37-35-33-31-29-27-25-23-21-19-17-15-13-11-9-7-2/h17,19,46H,6-16,18,20-45H2,1-5H3/p+1/b19-17+/t46-/m1/s1. The van der Waals surface area contributed by atoms with E-state index in [1.807, 2.05) is 21.1 Å². The number of likely N-dealkylation sites (N-methyl/N-ethyl adjacent to an activating group) is 1. The molecule has 0 spiro atoms. The van der Waals surface area contributed by atoms with Crippen LogP contribution in [0.1, 0.15) is 232 Å². The Morgan fingerprint density at radius 1 is 0.517 bits per heavy atom. The van der Waals surface area contributed by atoms with Gasteiger partial charge in [0.05, 0.1) is 27.7 Å². The summed E-state index contributed by atoms with van der Waals surface area (Å²) < 4.78 is 34.4. The van der Waals surface area contributed by atoms with E-state index in [0.717, 1.165) is 32.1 Å². The van der Waals surface area contributed by atoms with Crippen molar-refractivity contribution in [2.24, 2.45) is 0 Å². The molecule has 9 nitrogen and oxygen atoms in total. The number of allylic oxidation sites excluding steroid dienone is 2. The molecule has 0 aromatic rings. The molecule has 0 fully saturated rings. The Bertz CT molecular complexity index is 1000. The summed E-state index contributed by atoms with van der Waals surface area (Å²) in [6.45, 7) is 4.45. The van der Waals surface area contributed by atoms with Gasteiger partial charge in [-0.2, -0.15) is 0 Å². The van der Waals surface area contributed by atoms with E-state index in [-0.39, 0.29) is 25.6 Å². The average Bonchev–Trinajstić information content (AvgIpc) is 3.17. The van der Waals surface area contributed by atoms with Crippen LogP contribution >= 0.6 is 7.82 Å². The van der Waals surface area contributed by atoms with Crippen molar-refractivity contribution >= 4 is 19.8 Å². The van der Waals surface area contributed by atoms with Gasteiger partial charge >= 0.3 is 19.8 Å². The Labute approximate surface area is 358 Å². The fraction of sp³-hybridized carbons (Fsp3) is 0.917. The first-order valence-corrected chi connectivity index (χ1v) is 25.9. The van der Waals surface area contributed by atoms with Gasteiger partial charge in [-0.15, -0.1) is 0 Å². The van der Waals surface area contributed by atoms with Crippen LogP contribution in [0.2, 0.25) is 0 Å². The lowest BCUT2D eigenvalue weighted by Crippen LogP contribution is -2.37. The molecule has 0 rings (SSSR count). The number of unbranched alkanes of at least 4 members (excludes halogenated alkanes) is 29. The van der Waals surface area contributed by atoms with Gasteiger partial charge in [-0.1, -0.05) is 193 Å². The number of hydrogen-bond acceptors (Lipinski definition) is 7. The van der Waals surface area contributed by atoms with Crippen molar-refractivity contribution in [2.45, 2.75) is 238 Å². The van der Waals surface area contributed by atoms with Crippen molar-refractivity contribution in [3.63, 3.8) is 0 Å². The van der Waals surface area contributed by atoms with Crippen LogP contribution in [0.4, 0.5) is 0 Å². The molecular formula is C48H95NO8P+. The van der Waals surface area contributed by atoms with E-state index in [4.69, 9.17) is 18.5 Å². The zero-order valence-electron chi connectivity index (χ0n) is 38.8. The molecule has 0 heterocycles. The predicted octanol–water partition coefficient (Wildman–Crippen LogP) is 14.1. The van der Waals surface area contributed by atoms with Gasteiger partial charge in [-0.25, -0.2) is 4.57 Å². The smallest absolute Gasteiger partial charge is 0.462 e. The number of rotatable bonds is 45. The zero-order valence-corrected chi connectivity index (χ0v) is 39.7. The minimum atomic E-state index is -4.37.